The quantitative estimate of drug-likeness (QED) is 0.884. The minimum atomic E-state index is -0.221. The Morgan fingerprint density at radius 1 is 1.39 bits per heavy atom. The number of rotatable bonds is 5. The topological polar surface area (TPSA) is 25.2 Å². The summed E-state index contributed by atoms with van der Waals surface area (Å²) in [7, 11) is 0. The van der Waals surface area contributed by atoms with Gasteiger partial charge in [-0.15, -0.1) is 0 Å². The molecule has 18 heavy (non-hydrogen) atoms. The van der Waals surface area contributed by atoms with Crippen molar-refractivity contribution in [3.05, 3.63) is 58.2 Å². The number of benzene rings is 1. The van der Waals surface area contributed by atoms with Crippen molar-refractivity contribution in [3.63, 3.8) is 0 Å². The van der Waals surface area contributed by atoms with Crippen LogP contribution in [0.3, 0.4) is 0 Å². The van der Waals surface area contributed by atoms with Crippen molar-refractivity contribution in [2.24, 2.45) is 0 Å². The molecule has 0 aliphatic rings. The Labute approximate surface area is 114 Å². The summed E-state index contributed by atoms with van der Waals surface area (Å²) in [4.78, 5) is 0. The van der Waals surface area contributed by atoms with Crippen molar-refractivity contribution >= 4 is 15.9 Å². The molecule has 96 valence electrons. The lowest BCUT2D eigenvalue weighted by Gasteiger charge is -2.15. The summed E-state index contributed by atoms with van der Waals surface area (Å²) in [6.07, 6.45) is 2.58. The molecule has 1 aromatic heterocycles. The van der Waals surface area contributed by atoms with E-state index in [9.17, 15) is 4.39 Å². The Morgan fingerprint density at radius 3 is 2.89 bits per heavy atom. The molecular weight excluding hydrogens is 297 g/mol. The lowest BCUT2D eigenvalue weighted by Crippen LogP contribution is -2.20. The molecule has 2 nitrogen and oxygen atoms in total. The molecule has 2 aromatic rings. The summed E-state index contributed by atoms with van der Waals surface area (Å²) in [5, 5.41) is 3.37. The Kier molecular flexibility index (Phi) is 4.55. The molecule has 0 bridgehead atoms. The Balaban J connectivity index is 2.04. The van der Waals surface area contributed by atoms with Crippen molar-refractivity contribution in [1.82, 2.24) is 5.32 Å². The average molecular weight is 312 g/mol. The average Bonchev–Trinajstić information content (AvgIpc) is 2.88. The SMILES string of the molecule is CCC(NCc1cc(F)ccc1Br)c1ccco1. The van der Waals surface area contributed by atoms with E-state index in [2.05, 4.69) is 28.2 Å². The molecule has 0 spiro atoms. The molecule has 0 aliphatic carbocycles. The van der Waals surface area contributed by atoms with Crippen LogP contribution in [0.2, 0.25) is 0 Å². The van der Waals surface area contributed by atoms with Gasteiger partial charge >= 0.3 is 0 Å². The first-order chi connectivity index (χ1) is 8.70. The molecule has 1 atom stereocenters. The molecule has 1 unspecified atom stereocenters. The van der Waals surface area contributed by atoms with Gasteiger partial charge in [0.25, 0.3) is 0 Å². The van der Waals surface area contributed by atoms with Gasteiger partial charge in [0.1, 0.15) is 11.6 Å². The number of halogens is 2. The molecule has 0 amide bonds. The second-order valence-electron chi connectivity index (χ2n) is 4.09. The van der Waals surface area contributed by atoms with Gasteiger partial charge in [-0.2, -0.15) is 0 Å². The van der Waals surface area contributed by atoms with Gasteiger partial charge < -0.3 is 9.73 Å². The fourth-order valence-corrected chi connectivity index (χ4v) is 2.23. The molecule has 2 rings (SSSR count). The van der Waals surface area contributed by atoms with E-state index < -0.39 is 0 Å². The van der Waals surface area contributed by atoms with E-state index in [-0.39, 0.29) is 11.9 Å². The summed E-state index contributed by atoms with van der Waals surface area (Å²) >= 11 is 3.42. The van der Waals surface area contributed by atoms with Crippen LogP contribution in [-0.2, 0) is 6.54 Å². The molecule has 0 saturated heterocycles. The zero-order valence-electron chi connectivity index (χ0n) is 10.1. The number of hydrogen-bond donors (Lipinski definition) is 1. The van der Waals surface area contributed by atoms with Crippen LogP contribution in [0.15, 0.2) is 45.5 Å². The van der Waals surface area contributed by atoms with Gasteiger partial charge in [0, 0.05) is 11.0 Å². The Morgan fingerprint density at radius 2 is 2.22 bits per heavy atom. The predicted molar refractivity (Wildman–Crippen MR) is 72.7 cm³/mol. The number of furan rings is 1. The first kappa shape index (κ1) is 13.3. The molecule has 1 heterocycles. The molecule has 4 heteroatoms. The fourth-order valence-electron chi connectivity index (χ4n) is 1.85. The normalized spacial score (nSPS) is 12.6. The van der Waals surface area contributed by atoms with E-state index in [4.69, 9.17) is 4.42 Å². The Bertz CT molecular complexity index is 499. The highest BCUT2D eigenvalue weighted by Crippen LogP contribution is 2.21. The van der Waals surface area contributed by atoms with Crippen LogP contribution in [0.1, 0.15) is 30.7 Å². The van der Waals surface area contributed by atoms with Crippen molar-refractivity contribution in [3.8, 4) is 0 Å². The maximum Gasteiger partial charge on any atom is 0.123 e. The van der Waals surface area contributed by atoms with Gasteiger partial charge in [-0.3, -0.25) is 0 Å². The van der Waals surface area contributed by atoms with Crippen LogP contribution in [0, 0.1) is 5.82 Å². The molecule has 1 N–H and O–H groups in total. The van der Waals surface area contributed by atoms with Gasteiger partial charge in [-0.25, -0.2) is 4.39 Å². The van der Waals surface area contributed by atoms with Crippen molar-refractivity contribution in [2.75, 3.05) is 0 Å². The minimum absolute atomic E-state index is 0.148. The summed E-state index contributed by atoms with van der Waals surface area (Å²) in [5.74, 6) is 0.686. The zero-order chi connectivity index (χ0) is 13.0. The summed E-state index contributed by atoms with van der Waals surface area (Å²) in [6.45, 7) is 2.68. The monoisotopic (exact) mass is 311 g/mol. The van der Waals surface area contributed by atoms with Crippen LogP contribution in [0.25, 0.3) is 0 Å². The molecule has 1 aromatic carbocycles. The highest BCUT2D eigenvalue weighted by molar-refractivity contribution is 9.10. The van der Waals surface area contributed by atoms with Gasteiger partial charge in [0.15, 0.2) is 0 Å². The smallest absolute Gasteiger partial charge is 0.123 e. The summed E-state index contributed by atoms with van der Waals surface area (Å²) in [6, 6.07) is 8.67. The van der Waals surface area contributed by atoms with Crippen molar-refractivity contribution in [1.29, 1.82) is 0 Å². The Hall–Kier alpha value is -1.13. The maximum atomic E-state index is 13.2. The van der Waals surface area contributed by atoms with E-state index in [1.54, 1.807) is 12.3 Å². The highest BCUT2D eigenvalue weighted by Gasteiger charge is 2.12. The van der Waals surface area contributed by atoms with Gasteiger partial charge in [0.2, 0.25) is 0 Å². The van der Waals surface area contributed by atoms with E-state index >= 15 is 0 Å². The highest BCUT2D eigenvalue weighted by atomic mass is 79.9. The maximum absolute atomic E-state index is 13.2. The molecule has 0 aliphatic heterocycles. The van der Waals surface area contributed by atoms with Gasteiger partial charge in [0.05, 0.1) is 12.3 Å². The minimum Gasteiger partial charge on any atom is -0.468 e. The van der Waals surface area contributed by atoms with E-state index in [1.807, 2.05) is 12.1 Å². The number of hydrogen-bond acceptors (Lipinski definition) is 2. The van der Waals surface area contributed by atoms with Crippen LogP contribution in [0.5, 0.6) is 0 Å². The lowest BCUT2D eigenvalue weighted by molar-refractivity contribution is 0.403. The zero-order valence-corrected chi connectivity index (χ0v) is 11.7. The number of nitrogens with one attached hydrogen (secondary N) is 1. The predicted octanol–water partition coefficient (Wildman–Crippen LogP) is 4.42. The molecule has 0 saturated carbocycles. The fraction of sp³-hybridized carbons (Fsp3) is 0.286. The largest absolute Gasteiger partial charge is 0.468 e. The first-order valence-corrected chi connectivity index (χ1v) is 6.70. The standard InChI is InChI=1S/C14H15BrFNO/c1-2-13(14-4-3-7-18-14)17-9-10-8-11(16)5-6-12(10)15/h3-8,13,17H,2,9H2,1H3. The second-order valence-corrected chi connectivity index (χ2v) is 4.95. The van der Waals surface area contributed by atoms with Crippen LogP contribution in [0.4, 0.5) is 4.39 Å². The van der Waals surface area contributed by atoms with E-state index in [1.165, 1.54) is 12.1 Å². The van der Waals surface area contributed by atoms with Crippen molar-refractivity contribution in [2.45, 2.75) is 25.9 Å². The van der Waals surface area contributed by atoms with Gasteiger partial charge in [-0.05, 0) is 42.3 Å². The van der Waals surface area contributed by atoms with E-state index in [0.717, 1.165) is 22.2 Å². The third kappa shape index (κ3) is 3.21. The van der Waals surface area contributed by atoms with E-state index in [0.29, 0.717) is 6.54 Å². The van der Waals surface area contributed by atoms with Crippen LogP contribution >= 0.6 is 15.9 Å². The molecular formula is C14H15BrFNO. The lowest BCUT2D eigenvalue weighted by atomic mass is 10.1. The first-order valence-electron chi connectivity index (χ1n) is 5.91. The summed E-state index contributed by atoms with van der Waals surface area (Å²) in [5.41, 5.74) is 0.903. The molecule has 0 radical (unpaired) electrons. The summed E-state index contributed by atoms with van der Waals surface area (Å²) < 4.78 is 19.4. The van der Waals surface area contributed by atoms with Crippen LogP contribution in [-0.4, -0.2) is 0 Å². The van der Waals surface area contributed by atoms with Crippen molar-refractivity contribution < 1.29 is 8.81 Å². The van der Waals surface area contributed by atoms with Crippen LogP contribution < -0.4 is 5.32 Å². The second kappa shape index (κ2) is 6.16. The van der Waals surface area contributed by atoms with Gasteiger partial charge in [-0.1, -0.05) is 22.9 Å². The third-order valence-corrected chi connectivity index (χ3v) is 3.62. The third-order valence-electron chi connectivity index (χ3n) is 2.84. The molecule has 0 fully saturated rings.